The zero-order valence-corrected chi connectivity index (χ0v) is 15.3. The van der Waals surface area contributed by atoms with Crippen LogP contribution < -0.4 is 9.47 Å². The zero-order chi connectivity index (χ0) is 18.4. The smallest absolute Gasteiger partial charge is 0.210 e. The maximum atomic E-state index is 12.6. The van der Waals surface area contributed by atoms with Gasteiger partial charge in [0.2, 0.25) is 5.16 Å². The number of Topliss-reactive ketones (excluding diaryl/α,β-unsaturated/α-hetero) is 1. The summed E-state index contributed by atoms with van der Waals surface area (Å²) < 4.78 is 12.1. The van der Waals surface area contributed by atoms with Crippen LogP contribution in [0.5, 0.6) is 11.5 Å². The molecule has 0 saturated heterocycles. The minimum atomic E-state index is -0.0833. The fourth-order valence-corrected chi connectivity index (χ4v) is 3.16. The lowest BCUT2D eigenvalue weighted by atomic mass is 10.1. The van der Waals surface area contributed by atoms with Crippen molar-refractivity contribution in [2.45, 2.75) is 11.7 Å². The summed E-state index contributed by atoms with van der Waals surface area (Å²) in [4.78, 5) is 12.6. The molecular formula is C18H18N4O3S. The number of ketones is 1. The largest absolute Gasteiger partial charge is 0.497 e. The molecule has 26 heavy (non-hydrogen) atoms. The van der Waals surface area contributed by atoms with Crippen molar-refractivity contribution in [2.24, 2.45) is 0 Å². The van der Waals surface area contributed by atoms with E-state index in [1.165, 1.54) is 18.9 Å². The molecule has 8 heteroatoms. The SMILES string of the molecule is COc1ccc(OC)c(C(=O)CSc2nnnn2Cc2ccccc2)c1. The van der Waals surface area contributed by atoms with Crippen LogP contribution in [0.1, 0.15) is 15.9 Å². The van der Waals surface area contributed by atoms with Gasteiger partial charge in [-0.05, 0) is 34.2 Å². The third kappa shape index (κ3) is 4.20. The summed E-state index contributed by atoms with van der Waals surface area (Å²) in [6, 6.07) is 15.0. The van der Waals surface area contributed by atoms with Crippen LogP contribution in [0.25, 0.3) is 0 Å². The number of rotatable bonds is 8. The molecule has 0 radical (unpaired) electrons. The molecule has 0 spiro atoms. The Hall–Kier alpha value is -2.87. The van der Waals surface area contributed by atoms with Crippen LogP contribution in [-0.2, 0) is 6.54 Å². The molecule has 1 aromatic heterocycles. The topological polar surface area (TPSA) is 79.1 Å². The predicted molar refractivity (Wildman–Crippen MR) is 98.0 cm³/mol. The number of carbonyl (C=O) groups excluding carboxylic acids is 1. The molecule has 7 nitrogen and oxygen atoms in total. The lowest BCUT2D eigenvalue weighted by molar-refractivity contribution is 0.101. The van der Waals surface area contributed by atoms with Gasteiger partial charge >= 0.3 is 0 Å². The van der Waals surface area contributed by atoms with Crippen molar-refractivity contribution in [1.29, 1.82) is 0 Å². The maximum absolute atomic E-state index is 12.6. The van der Waals surface area contributed by atoms with E-state index < -0.39 is 0 Å². The molecule has 0 aliphatic carbocycles. The summed E-state index contributed by atoms with van der Waals surface area (Å²) >= 11 is 1.29. The van der Waals surface area contributed by atoms with E-state index in [0.29, 0.717) is 28.8 Å². The minimum absolute atomic E-state index is 0.0833. The molecule has 134 valence electrons. The first-order valence-corrected chi connectivity index (χ1v) is 8.88. The summed E-state index contributed by atoms with van der Waals surface area (Å²) in [5.74, 6) is 1.23. The molecule has 3 aromatic rings. The van der Waals surface area contributed by atoms with Gasteiger partial charge in [0.05, 0.1) is 32.1 Å². The number of nitrogens with zero attached hydrogens (tertiary/aromatic N) is 4. The first-order valence-electron chi connectivity index (χ1n) is 7.89. The fraction of sp³-hybridized carbons (Fsp3) is 0.222. The molecule has 0 aliphatic heterocycles. The van der Waals surface area contributed by atoms with Gasteiger partial charge in [-0.2, -0.15) is 0 Å². The Labute approximate surface area is 155 Å². The highest BCUT2D eigenvalue weighted by molar-refractivity contribution is 7.99. The molecule has 0 bridgehead atoms. The van der Waals surface area contributed by atoms with Crippen molar-refractivity contribution in [2.75, 3.05) is 20.0 Å². The Morgan fingerprint density at radius 1 is 1.12 bits per heavy atom. The lowest BCUT2D eigenvalue weighted by Crippen LogP contribution is -2.08. The van der Waals surface area contributed by atoms with Gasteiger partial charge in [-0.3, -0.25) is 4.79 Å². The second-order valence-corrected chi connectivity index (χ2v) is 6.33. The third-order valence-corrected chi connectivity index (χ3v) is 4.67. The summed E-state index contributed by atoms with van der Waals surface area (Å²) in [7, 11) is 3.09. The summed E-state index contributed by atoms with van der Waals surface area (Å²) in [5, 5.41) is 12.3. The number of hydrogen-bond donors (Lipinski definition) is 0. The molecule has 3 rings (SSSR count). The van der Waals surface area contributed by atoms with Crippen LogP contribution in [0.4, 0.5) is 0 Å². The summed E-state index contributed by atoms with van der Waals surface area (Å²) in [6.07, 6.45) is 0. The number of aromatic nitrogens is 4. The normalized spacial score (nSPS) is 10.5. The lowest BCUT2D eigenvalue weighted by Gasteiger charge is -2.09. The van der Waals surface area contributed by atoms with Gasteiger partial charge in [0, 0.05) is 0 Å². The van der Waals surface area contributed by atoms with Gasteiger partial charge in [0.25, 0.3) is 0 Å². The minimum Gasteiger partial charge on any atom is -0.497 e. The van der Waals surface area contributed by atoms with E-state index in [4.69, 9.17) is 9.47 Å². The summed E-state index contributed by atoms with van der Waals surface area (Å²) in [5.41, 5.74) is 1.56. The van der Waals surface area contributed by atoms with Crippen LogP contribution >= 0.6 is 11.8 Å². The number of tetrazole rings is 1. The highest BCUT2D eigenvalue weighted by Crippen LogP contribution is 2.26. The Balaban J connectivity index is 1.70. The quantitative estimate of drug-likeness (QED) is 0.445. The number of methoxy groups -OCH3 is 2. The molecule has 0 N–H and O–H groups in total. The first-order chi connectivity index (χ1) is 12.7. The van der Waals surface area contributed by atoms with Gasteiger partial charge in [0.1, 0.15) is 11.5 Å². The van der Waals surface area contributed by atoms with Crippen molar-refractivity contribution in [3.8, 4) is 11.5 Å². The number of hydrogen-bond acceptors (Lipinski definition) is 7. The standard InChI is InChI=1S/C18H18N4O3S/c1-24-14-8-9-17(25-2)15(10-14)16(23)12-26-18-19-20-21-22(18)11-13-6-4-3-5-7-13/h3-10H,11-12H2,1-2H3. The third-order valence-electron chi connectivity index (χ3n) is 3.71. The van der Waals surface area contributed by atoms with Gasteiger partial charge in [-0.25, -0.2) is 4.68 Å². The van der Waals surface area contributed by atoms with E-state index in [2.05, 4.69) is 15.5 Å². The van der Waals surface area contributed by atoms with Crippen molar-refractivity contribution in [1.82, 2.24) is 20.2 Å². The van der Waals surface area contributed by atoms with E-state index in [-0.39, 0.29) is 11.5 Å². The molecule has 0 aliphatic rings. The maximum Gasteiger partial charge on any atom is 0.210 e. The van der Waals surface area contributed by atoms with E-state index >= 15 is 0 Å². The molecule has 1 heterocycles. The molecule has 2 aromatic carbocycles. The highest BCUT2D eigenvalue weighted by atomic mass is 32.2. The van der Waals surface area contributed by atoms with Crippen LogP contribution in [0.2, 0.25) is 0 Å². The van der Waals surface area contributed by atoms with E-state index in [1.807, 2.05) is 30.3 Å². The fourth-order valence-electron chi connectivity index (χ4n) is 2.40. The van der Waals surface area contributed by atoms with E-state index in [1.54, 1.807) is 30.0 Å². The molecular weight excluding hydrogens is 352 g/mol. The second kappa shape index (κ2) is 8.48. The Bertz CT molecular complexity index is 883. The van der Waals surface area contributed by atoms with Crippen molar-refractivity contribution < 1.29 is 14.3 Å². The van der Waals surface area contributed by atoms with Gasteiger partial charge in [-0.15, -0.1) is 5.10 Å². The Kier molecular flexibility index (Phi) is 5.85. The van der Waals surface area contributed by atoms with Crippen LogP contribution in [0, 0.1) is 0 Å². The van der Waals surface area contributed by atoms with Crippen molar-refractivity contribution in [3.05, 3.63) is 59.7 Å². The number of thioether (sulfide) groups is 1. The predicted octanol–water partition coefficient (Wildman–Crippen LogP) is 2.71. The van der Waals surface area contributed by atoms with Crippen molar-refractivity contribution in [3.63, 3.8) is 0 Å². The van der Waals surface area contributed by atoms with Gasteiger partial charge in [0.15, 0.2) is 5.78 Å². The van der Waals surface area contributed by atoms with E-state index in [0.717, 1.165) is 5.56 Å². The number of benzene rings is 2. The van der Waals surface area contributed by atoms with Gasteiger partial charge < -0.3 is 9.47 Å². The summed E-state index contributed by atoms with van der Waals surface area (Å²) in [6.45, 7) is 0.548. The van der Waals surface area contributed by atoms with Crippen LogP contribution in [-0.4, -0.2) is 46.0 Å². The zero-order valence-electron chi connectivity index (χ0n) is 14.5. The molecule has 0 fully saturated rings. The second-order valence-electron chi connectivity index (χ2n) is 5.38. The molecule has 0 atom stereocenters. The molecule has 0 saturated carbocycles. The number of ether oxygens (including phenoxy) is 2. The number of carbonyl (C=O) groups is 1. The average molecular weight is 370 g/mol. The first kappa shape index (κ1) is 17.9. The Morgan fingerprint density at radius 3 is 2.65 bits per heavy atom. The highest BCUT2D eigenvalue weighted by Gasteiger charge is 2.16. The average Bonchev–Trinajstić information content (AvgIpc) is 3.13. The molecule has 0 unspecified atom stereocenters. The van der Waals surface area contributed by atoms with Crippen LogP contribution in [0.3, 0.4) is 0 Å². The van der Waals surface area contributed by atoms with Crippen molar-refractivity contribution >= 4 is 17.5 Å². The molecule has 0 amide bonds. The Morgan fingerprint density at radius 2 is 1.92 bits per heavy atom. The van der Waals surface area contributed by atoms with Gasteiger partial charge in [-0.1, -0.05) is 42.1 Å². The van der Waals surface area contributed by atoms with Crippen LogP contribution in [0.15, 0.2) is 53.7 Å². The monoisotopic (exact) mass is 370 g/mol. The van der Waals surface area contributed by atoms with E-state index in [9.17, 15) is 4.79 Å².